The van der Waals surface area contributed by atoms with Gasteiger partial charge in [-0.1, -0.05) is 6.92 Å². The second-order valence-corrected chi connectivity index (χ2v) is 4.99. The van der Waals surface area contributed by atoms with Crippen LogP contribution in [-0.4, -0.2) is 28.8 Å². The molecule has 1 aromatic rings. The van der Waals surface area contributed by atoms with Gasteiger partial charge in [0.05, 0.1) is 12.5 Å². The van der Waals surface area contributed by atoms with Crippen molar-refractivity contribution in [2.45, 2.75) is 24.3 Å². The quantitative estimate of drug-likeness (QED) is 0.681. The van der Waals surface area contributed by atoms with Crippen LogP contribution in [0.2, 0.25) is 0 Å². The lowest BCUT2D eigenvalue weighted by Gasteiger charge is -2.10. The zero-order valence-electron chi connectivity index (χ0n) is 10.1. The minimum atomic E-state index is -1.09. The van der Waals surface area contributed by atoms with Crippen molar-refractivity contribution in [2.75, 3.05) is 11.1 Å². The van der Waals surface area contributed by atoms with Crippen LogP contribution in [0, 0.1) is 0 Å². The maximum absolute atomic E-state index is 11.6. The minimum absolute atomic E-state index is 0.379. The zero-order chi connectivity index (χ0) is 13.5. The number of carbonyl (C=O) groups excluding carboxylic acids is 1. The Morgan fingerprint density at radius 2 is 2.00 bits per heavy atom. The van der Waals surface area contributed by atoms with E-state index in [0.29, 0.717) is 5.69 Å². The number of nitrogens with two attached hydrogens (primary N) is 1. The normalized spacial score (nSPS) is 11.9. The topological polar surface area (TPSA) is 92.4 Å². The van der Waals surface area contributed by atoms with E-state index in [4.69, 9.17) is 10.8 Å². The van der Waals surface area contributed by atoms with E-state index in [1.807, 2.05) is 12.1 Å². The van der Waals surface area contributed by atoms with E-state index in [1.165, 1.54) is 0 Å². The van der Waals surface area contributed by atoms with Gasteiger partial charge in [-0.15, -0.1) is 11.8 Å². The number of anilines is 1. The molecule has 0 bridgehead atoms. The van der Waals surface area contributed by atoms with Crippen LogP contribution in [0.5, 0.6) is 0 Å². The summed E-state index contributed by atoms with van der Waals surface area (Å²) in [6, 6.07) is 6.29. The Balaban J connectivity index is 2.56. The number of hydrogen-bond donors (Lipinski definition) is 3. The van der Waals surface area contributed by atoms with Gasteiger partial charge in [0.1, 0.15) is 0 Å². The molecule has 1 unspecified atom stereocenters. The molecule has 0 saturated heterocycles. The predicted octanol–water partition coefficient (Wildman–Crippen LogP) is 1.54. The van der Waals surface area contributed by atoms with Gasteiger partial charge < -0.3 is 16.2 Å². The predicted molar refractivity (Wildman–Crippen MR) is 71.7 cm³/mol. The molecule has 6 heteroatoms. The molecule has 5 nitrogen and oxygen atoms in total. The highest BCUT2D eigenvalue weighted by Crippen LogP contribution is 2.19. The lowest BCUT2D eigenvalue weighted by molar-refractivity contribution is -0.138. The van der Waals surface area contributed by atoms with E-state index in [1.54, 1.807) is 23.9 Å². The van der Waals surface area contributed by atoms with E-state index in [2.05, 4.69) is 12.2 Å². The molecule has 1 rings (SSSR count). The third-order valence-corrected chi connectivity index (χ3v) is 3.06. The molecular formula is C12H16N2O3S. The highest BCUT2D eigenvalue weighted by Gasteiger charge is 2.16. The van der Waals surface area contributed by atoms with E-state index < -0.39 is 17.9 Å². The van der Waals surface area contributed by atoms with Crippen molar-refractivity contribution in [3.05, 3.63) is 24.3 Å². The molecule has 1 atom stereocenters. The summed E-state index contributed by atoms with van der Waals surface area (Å²) in [5.74, 6) is -0.601. The lowest BCUT2D eigenvalue weighted by atomic mass is 10.2. The molecule has 0 aliphatic rings. The average molecular weight is 268 g/mol. The smallest absolute Gasteiger partial charge is 0.305 e. The molecule has 18 heavy (non-hydrogen) atoms. The number of carboxylic acids is 1. The Bertz CT molecular complexity index is 420. The Morgan fingerprint density at radius 3 is 2.50 bits per heavy atom. The fourth-order valence-corrected chi connectivity index (χ4v) is 1.98. The zero-order valence-corrected chi connectivity index (χ0v) is 10.9. The van der Waals surface area contributed by atoms with Crippen LogP contribution in [0.25, 0.3) is 0 Å². The molecule has 0 fully saturated rings. The highest BCUT2D eigenvalue weighted by atomic mass is 32.2. The summed E-state index contributed by atoms with van der Waals surface area (Å²) in [5.41, 5.74) is 6.06. The Morgan fingerprint density at radius 1 is 1.39 bits per heavy atom. The summed E-state index contributed by atoms with van der Waals surface area (Å²) in [7, 11) is 0. The third-order valence-electron chi connectivity index (χ3n) is 2.16. The summed E-state index contributed by atoms with van der Waals surface area (Å²) >= 11 is 1.70. The first kappa shape index (κ1) is 14.5. The fraction of sp³-hybridized carbons (Fsp3) is 0.333. The summed E-state index contributed by atoms with van der Waals surface area (Å²) in [5, 5.41) is 11.1. The Hall–Kier alpha value is -1.53. The molecule has 1 aromatic carbocycles. The number of hydrogen-bond acceptors (Lipinski definition) is 4. The molecular weight excluding hydrogens is 252 g/mol. The molecule has 0 aliphatic heterocycles. The van der Waals surface area contributed by atoms with Crippen molar-refractivity contribution in [1.29, 1.82) is 0 Å². The molecule has 0 saturated carbocycles. The van der Waals surface area contributed by atoms with Crippen molar-refractivity contribution in [3.8, 4) is 0 Å². The van der Waals surface area contributed by atoms with E-state index in [9.17, 15) is 9.59 Å². The first-order chi connectivity index (χ1) is 8.52. The van der Waals surface area contributed by atoms with Gasteiger partial charge in [0.2, 0.25) is 5.91 Å². The standard InChI is InChI=1S/C12H16N2O3S/c1-2-18-9-5-3-8(4-6-9)14-12(17)10(13)7-11(15)16/h3-6,10H,2,7,13H2,1H3,(H,14,17)(H,15,16). The molecule has 0 spiro atoms. The first-order valence-corrected chi connectivity index (χ1v) is 6.52. The fourth-order valence-electron chi connectivity index (χ4n) is 1.32. The van der Waals surface area contributed by atoms with Gasteiger partial charge >= 0.3 is 5.97 Å². The van der Waals surface area contributed by atoms with Crippen LogP contribution in [0.4, 0.5) is 5.69 Å². The van der Waals surface area contributed by atoms with Crippen LogP contribution < -0.4 is 11.1 Å². The van der Waals surface area contributed by atoms with Gasteiger partial charge in [0.25, 0.3) is 0 Å². The average Bonchev–Trinajstić information content (AvgIpc) is 2.31. The minimum Gasteiger partial charge on any atom is -0.481 e. The number of carbonyl (C=O) groups is 2. The summed E-state index contributed by atoms with van der Waals surface area (Å²) in [4.78, 5) is 23.1. The lowest BCUT2D eigenvalue weighted by Crippen LogP contribution is -2.37. The molecule has 0 aromatic heterocycles. The van der Waals surface area contributed by atoms with Crippen LogP contribution in [-0.2, 0) is 9.59 Å². The largest absolute Gasteiger partial charge is 0.481 e. The Kier molecular flexibility index (Phi) is 5.67. The third kappa shape index (κ3) is 4.77. The molecule has 0 radical (unpaired) electrons. The molecule has 0 heterocycles. The van der Waals surface area contributed by atoms with Crippen molar-refractivity contribution in [1.82, 2.24) is 0 Å². The number of amides is 1. The van der Waals surface area contributed by atoms with Crippen molar-refractivity contribution in [2.24, 2.45) is 5.73 Å². The van der Waals surface area contributed by atoms with Crippen molar-refractivity contribution in [3.63, 3.8) is 0 Å². The highest BCUT2D eigenvalue weighted by molar-refractivity contribution is 7.99. The van der Waals surface area contributed by atoms with Crippen LogP contribution in [0.3, 0.4) is 0 Å². The van der Waals surface area contributed by atoms with Crippen molar-refractivity contribution >= 4 is 29.3 Å². The van der Waals surface area contributed by atoms with Gasteiger partial charge in [0.15, 0.2) is 0 Å². The number of benzene rings is 1. The monoisotopic (exact) mass is 268 g/mol. The summed E-state index contributed by atoms with van der Waals surface area (Å²) in [6.45, 7) is 2.06. The van der Waals surface area contributed by atoms with Crippen molar-refractivity contribution < 1.29 is 14.7 Å². The molecule has 0 aliphatic carbocycles. The SMILES string of the molecule is CCSc1ccc(NC(=O)C(N)CC(=O)O)cc1. The molecule has 1 amide bonds. The maximum Gasteiger partial charge on any atom is 0.305 e. The summed E-state index contributed by atoms with van der Waals surface area (Å²) in [6.07, 6.45) is -0.379. The number of nitrogens with one attached hydrogen (secondary N) is 1. The van der Waals surface area contributed by atoms with E-state index >= 15 is 0 Å². The number of carboxylic acid groups (broad SMARTS) is 1. The van der Waals surface area contributed by atoms with Gasteiger partial charge in [0, 0.05) is 10.6 Å². The number of aliphatic carboxylic acids is 1. The molecule has 4 N–H and O–H groups in total. The first-order valence-electron chi connectivity index (χ1n) is 5.54. The second kappa shape index (κ2) is 7.03. The van der Waals surface area contributed by atoms with E-state index in [0.717, 1.165) is 10.6 Å². The van der Waals surface area contributed by atoms with Crippen LogP contribution in [0.15, 0.2) is 29.2 Å². The maximum atomic E-state index is 11.6. The summed E-state index contributed by atoms with van der Waals surface area (Å²) < 4.78 is 0. The Labute approximate surface area is 110 Å². The van der Waals surface area contributed by atoms with Gasteiger partial charge in [-0.3, -0.25) is 9.59 Å². The van der Waals surface area contributed by atoms with Gasteiger partial charge in [-0.2, -0.15) is 0 Å². The van der Waals surface area contributed by atoms with Crippen LogP contribution in [0.1, 0.15) is 13.3 Å². The van der Waals surface area contributed by atoms with Gasteiger partial charge in [-0.25, -0.2) is 0 Å². The van der Waals surface area contributed by atoms with E-state index in [-0.39, 0.29) is 6.42 Å². The van der Waals surface area contributed by atoms with Gasteiger partial charge in [-0.05, 0) is 30.0 Å². The second-order valence-electron chi connectivity index (χ2n) is 3.65. The van der Waals surface area contributed by atoms with Crippen LogP contribution >= 0.6 is 11.8 Å². The molecule has 98 valence electrons. The number of thioether (sulfide) groups is 1. The number of rotatable bonds is 6.